The molecule has 0 saturated heterocycles. The fraction of sp³-hybridized carbons (Fsp3) is 0.294. The van der Waals surface area contributed by atoms with Gasteiger partial charge in [-0.1, -0.05) is 39.0 Å². The molecule has 3 nitrogen and oxygen atoms in total. The van der Waals surface area contributed by atoms with Crippen LogP contribution in [0, 0.1) is 0 Å². The highest BCUT2D eigenvalue weighted by molar-refractivity contribution is 5.93. The average Bonchev–Trinajstić information content (AvgIpc) is 2.39. The van der Waals surface area contributed by atoms with E-state index in [0.717, 1.165) is 16.8 Å². The Morgan fingerprint density at radius 3 is 2.40 bits per heavy atom. The lowest BCUT2D eigenvalue weighted by atomic mass is 9.86. The van der Waals surface area contributed by atoms with Crippen LogP contribution in [0.5, 0.6) is 0 Å². The molecule has 0 aliphatic heterocycles. The van der Waals surface area contributed by atoms with Crippen LogP contribution in [0.4, 0.5) is 5.69 Å². The first-order valence-corrected chi connectivity index (χ1v) is 6.75. The van der Waals surface area contributed by atoms with Crippen LogP contribution < -0.4 is 5.32 Å². The second kappa shape index (κ2) is 5.87. The number of aromatic nitrogens is 1. The minimum Gasteiger partial charge on any atom is -0.326 e. The zero-order valence-corrected chi connectivity index (χ0v) is 12.2. The first-order chi connectivity index (χ1) is 9.47. The van der Waals surface area contributed by atoms with E-state index in [4.69, 9.17) is 0 Å². The van der Waals surface area contributed by atoms with Crippen molar-refractivity contribution in [1.82, 2.24) is 4.98 Å². The van der Waals surface area contributed by atoms with E-state index < -0.39 is 0 Å². The van der Waals surface area contributed by atoms with Crippen LogP contribution in [-0.4, -0.2) is 10.9 Å². The van der Waals surface area contributed by atoms with Crippen LogP contribution in [0.3, 0.4) is 0 Å². The summed E-state index contributed by atoms with van der Waals surface area (Å²) >= 11 is 0. The van der Waals surface area contributed by atoms with Gasteiger partial charge in [-0.05, 0) is 34.7 Å². The number of nitrogens with one attached hydrogen (secondary N) is 1. The Labute approximate surface area is 120 Å². The van der Waals surface area contributed by atoms with Gasteiger partial charge in [0.05, 0.1) is 6.42 Å². The number of benzene rings is 1. The summed E-state index contributed by atoms with van der Waals surface area (Å²) in [5.74, 6) is -0.00657. The molecular formula is C17H20N2O. The second-order valence-corrected chi connectivity index (χ2v) is 5.88. The highest BCUT2D eigenvalue weighted by Crippen LogP contribution is 2.29. The molecule has 1 aromatic heterocycles. The van der Waals surface area contributed by atoms with Gasteiger partial charge >= 0.3 is 0 Å². The summed E-state index contributed by atoms with van der Waals surface area (Å²) in [5, 5.41) is 3.01. The molecule has 0 aliphatic carbocycles. The largest absolute Gasteiger partial charge is 0.326 e. The topological polar surface area (TPSA) is 42.0 Å². The van der Waals surface area contributed by atoms with Crippen LogP contribution in [0.15, 0.2) is 48.8 Å². The molecule has 0 atom stereocenters. The number of amides is 1. The minimum atomic E-state index is -0.00657. The Morgan fingerprint density at radius 2 is 1.75 bits per heavy atom. The highest BCUT2D eigenvalue weighted by Gasteiger charge is 2.18. The lowest BCUT2D eigenvalue weighted by molar-refractivity contribution is -0.115. The van der Waals surface area contributed by atoms with E-state index in [1.165, 1.54) is 0 Å². The van der Waals surface area contributed by atoms with Gasteiger partial charge in [0.1, 0.15) is 0 Å². The molecule has 2 rings (SSSR count). The van der Waals surface area contributed by atoms with E-state index in [1.54, 1.807) is 12.4 Å². The Kier molecular flexibility index (Phi) is 4.18. The van der Waals surface area contributed by atoms with Gasteiger partial charge in [0.2, 0.25) is 5.91 Å². The molecule has 1 aromatic carbocycles. The molecule has 0 bridgehead atoms. The van der Waals surface area contributed by atoms with E-state index in [2.05, 4.69) is 37.1 Å². The van der Waals surface area contributed by atoms with Crippen LogP contribution in [0.2, 0.25) is 0 Å². The number of hydrogen-bond donors (Lipinski definition) is 1. The van der Waals surface area contributed by atoms with Crippen molar-refractivity contribution in [3.63, 3.8) is 0 Å². The zero-order valence-electron chi connectivity index (χ0n) is 12.2. The number of hydrogen-bond acceptors (Lipinski definition) is 2. The standard InChI is InChI=1S/C17H20N2O/c1-17(2,3)14-6-4-5-7-15(14)19-16(20)12-13-8-10-18-11-9-13/h4-11H,12H2,1-3H3,(H,19,20). The maximum atomic E-state index is 12.1. The molecule has 1 amide bonds. The van der Waals surface area contributed by atoms with Gasteiger partial charge in [0.15, 0.2) is 0 Å². The number of nitrogens with zero attached hydrogens (tertiary/aromatic N) is 1. The molecule has 104 valence electrons. The Hall–Kier alpha value is -2.16. The summed E-state index contributed by atoms with van der Waals surface area (Å²) in [6, 6.07) is 11.7. The smallest absolute Gasteiger partial charge is 0.228 e. The number of pyridine rings is 1. The summed E-state index contributed by atoms with van der Waals surface area (Å²) in [6.07, 6.45) is 3.76. The number of carbonyl (C=O) groups excluding carboxylic acids is 1. The first kappa shape index (κ1) is 14.3. The van der Waals surface area contributed by atoms with E-state index in [9.17, 15) is 4.79 Å². The lowest BCUT2D eigenvalue weighted by Gasteiger charge is -2.23. The molecular weight excluding hydrogens is 248 g/mol. The maximum Gasteiger partial charge on any atom is 0.228 e. The lowest BCUT2D eigenvalue weighted by Crippen LogP contribution is -2.19. The van der Waals surface area contributed by atoms with Gasteiger partial charge < -0.3 is 5.32 Å². The molecule has 0 radical (unpaired) electrons. The molecule has 0 fully saturated rings. The summed E-state index contributed by atoms with van der Waals surface area (Å²) in [5.41, 5.74) is 2.99. The van der Waals surface area contributed by atoms with Crippen LogP contribution in [0.1, 0.15) is 31.9 Å². The quantitative estimate of drug-likeness (QED) is 0.924. The van der Waals surface area contributed by atoms with Crippen LogP contribution >= 0.6 is 0 Å². The summed E-state index contributed by atoms with van der Waals surface area (Å²) in [4.78, 5) is 16.1. The molecule has 20 heavy (non-hydrogen) atoms. The van der Waals surface area contributed by atoms with Crippen molar-refractivity contribution in [2.75, 3.05) is 5.32 Å². The third-order valence-corrected chi connectivity index (χ3v) is 3.12. The van der Waals surface area contributed by atoms with E-state index in [1.807, 2.05) is 30.3 Å². The van der Waals surface area contributed by atoms with Gasteiger partial charge in [0, 0.05) is 18.1 Å². The van der Waals surface area contributed by atoms with E-state index in [-0.39, 0.29) is 11.3 Å². The monoisotopic (exact) mass is 268 g/mol. The van der Waals surface area contributed by atoms with Crippen LogP contribution in [-0.2, 0) is 16.6 Å². The van der Waals surface area contributed by atoms with Gasteiger partial charge in [-0.2, -0.15) is 0 Å². The Balaban J connectivity index is 2.13. The molecule has 1 N–H and O–H groups in total. The van der Waals surface area contributed by atoms with Crippen molar-refractivity contribution in [2.45, 2.75) is 32.6 Å². The van der Waals surface area contributed by atoms with Crippen molar-refractivity contribution in [1.29, 1.82) is 0 Å². The van der Waals surface area contributed by atoms with Crippen molar-refractivity contribution >= 4 is 11.6 Å². The Bertz CT molecular complexity index is 585. The fourth-order valence-corrected chi connectivity index (χ4v) is 2.13. The van der Waals surface area contributed by atoms with Crippen LogP contribution in [0.25, 0.3) is 0 Å². The normalized spacial score (nSPS) is 11.2. The van der Waals surface area contributed by atoms with Crippen molar-refractivity contribution < 1.29 is 4.79 Å². The minimum absolute atomic E-state index is 0.000536. The molecule has 1 heterocycles. The van der Waals surface area contributed by atoms with Gasteiger partial charge in [-0.15, -0.1) is 0 Å². The second-order valence-electron chi connectivity index (χ2n) is 5.88. The van der Waals surface area contributed by atoms with Gasteiger partial charge in [-0.25, -0.2) is 0 Å². The SMILES string of the molecule is CC(C)(C)c1ccccc1NC(=O)Cc1ccncc1. The van der Waals surface area contributed by atoms with E-state index in [0.29, 0.717) is 6.42 Å². The summed E-state index contributed by atoms with van der Waals surface area (Å²) in [6.45, 7) is 6.42. The summed E-state index contributed by atoms with van der Waals surface area (Å²) < 4.78 is 0. The van der Waals surface area contributed by atoms with Gasteiger partial charge in [-0.3, -0.25) is 9.78 Å². The molecule has 3 heteroatoms. The Morgan fingerprint density at radius 1 is 1.10 bits per heavy atom. The first-order valence-electron chi connectivity index (χ1n) is 6.75. The van der Waals surface area contributed by atoms with E-state index >= 15 is 0 Å². The molecule has 0 unspecified atom stereocenters. The number of para-hydroxylation sites is 1. The number of anilines is 1. The number of carbonyl (C=O) groups is 1. The van der Waals surface area contributed by atoms with Crippen molar-refractivity contribution in [3.05, 3.63) is 59.9 Å². The summed E-state index contributed by atoms with van der Waals surface area (Å²) in [7, 11) is 0. The average molecular weight is 268 g/mol. The molecule has 0 saturated carbocycles. The predicted molar refractivity (Wildman–Crippen MR) is 81.7 cm³/mol. The maximum absolute atomic E-state index is 12.1. The highest BCUT2D eigenvalue weighted by atomic mass is 16.1. The van der Waals surface area contributed by atoms with Crippen molar-refractivity contribution in [3.8, 4) is 0 Å². The molecule has 2 aromatic rings. The van der Waals surface area contributed by atoms with Gasteiger partial charge in [0.25, 0.3) is 0 Å². The third-order valence-electron chi connectivity index (χ3n) is 3.12. The molecule has 0 spiro atoms. The molecule has 0 aliphatic rings. The number of rotatable bonds is 3. The predicted octanol–water partition coefficient (Wildman–Crippen LogP) is 3.56. The zero-order chi connectivity index (χ0) is 14.6. The van der Waals surface area contributed by atoms with Crippen molar-refractivity contribution in [2.24, 2.45) is 0 Å². The third kappa shape index (κ3) is 3.67. The fourth-order valence-electron chi connectivity index (χ4n) is 2.13.